The van der Waals surface area contributed by atoms with E-state index in [9.17, 15) is 4.79 Å². The van der Waals surface area contributed by atoms with E-state index in [1.165, 1.54) is 0 Å². The number of nitrogens with zero attached hydrogens (tertiary/aromatic N) is 2. The molecule has 0 bridgehead atoms. The highest BCUT2D eigenvalue weighted by molar-refractivity contribution is 5.97. The van der Waals surface area contributed by atoms with Crippen molar-refractivity contribution in [1.29, 1.82) is 0 Å². The molecule has 0 atom stereocenters. The van der Waals surface area contributed by atoms with E-state index in [4.69, 9.17) is 4.42 Å². The molecule has 0 unspecified atom stereocenters. The molecule has 0 aliphatic rings. The largest absolute Gasteiger partial charge is 0.430 e. The van der Waals surface area contributed by atoms with Crippen molar-refractivity contribution in [2.45, 2.75) is 13.8 Å². The molecule has 122 valence electrons. The van der Waals surface area contributed by atoms with Crippen molar-refractivity contribution < 1.29 is 9.21 Å². The van der Waals surface area contributed by atoms with Gasteiger partial charge < -0.3 is 9.32 Å². The molecule has 2 aromatic carbocycles. The van der Waals surface area contributed by atoms with E-state index in [1.807, 2.05) is 74.5 Å². The SMILES string of the molecule is CCN(CC)C(=O)c1oc(-c2ccccc2)nc1-c1ccccc1. The van der Waals surface area contributed by atoms with Crippen LogP contribution in [0, 0.1) is 0 Å². The number of benzene rings is 2. The van der Waals surface area contributed by atoms with Crippen LogP contribution in [0.25, 0.3) is 22.7 Å². The van der Waals surface area contributed by atoms with Gasteiger partial charge in [0.1, 0.15) is 5.69 Å². The molecule has 0 aliphatic heterocycles. The number of carbonyl (C=O) groups excluding carboxylic acids is 1. The number of hydrogen-bond donors (Lipinski definition) is 0. The Morgan fingerprint density at radius 2 is 1.46 bits per heavy atom. The number of carbonyl (C=O) groups is 1. The molecule has 0 spiro atoms. The molecular weight excluding hydrogens is 300 g/mol. The van der Waals surface area contributed by atoms with Gasteiger partial charge in [-0.05, 0) is 26.0 Å². The Labute approximate surface area is 141 Å². The van der Waals surface area contributed by atoms with Crippen LogP contribution in [0.4, 0.5) is 0 Å². The minimum Gasteiger partial charge on any atom is -0.430 e. The van der Waals surface area contributed by atoms with Gasteiger partial charge in [0.2, 0.25) is 11.7 Å². The summed E-state index contributed by atoms with van der Waals surface area (Å²) in [5.74, 6) is 0.627. The maximum atomic E-state index is 12.8. The van der Waals surface area contributed by atoms with Crippen molar-refractivity contribution >= 4 is 5.91 Å². The van der Waals surface area contributed by atoms with Gasteiger partial charge in [0.15, 0.2) is 0 Å². The Balaban J connectivity index is 2.12. The van der Waals surface area contributed by atoms with Crippen LogP contribution >= 0.6 is 0 Å². The van der Waals surface area contributed by atoms with Gasteiger partial charge in [-0.15, -0.1) is 0 Å². The molecule has 3 aromatic rings. The van der Waals surface area contributed by atoms with Crippen molar-refractivity contribution in [2.75, 3.05) is 13.1 Å². The summed E-state index contributed by atoms with van der Waals surface area (Å²) >= 11 is 0. The monoisotopic (exact) mass is 320 g/mol. The van der Waals surface area contributed by atoms with Crippen molar-refractivity contribution in [3.63, 3.8) is 0 Å². The molecule has 3 rings (SSSR count). The minimum atomic E-state index is -0.131. The van der Waals surface area contributed by atoms with Crippen molar-refractivity contribution in [3.05, 3.63) is 66.4 Å². The third-order valence-electron chi connectivity index (χ3n) is 3.94. The van der Waals surface area contributed by atoms with Crippen LogP contribution in [0.3, 0.4) is 0 Å². The average molecular weight is 320 g/mol. The number of rotatable bonds is 5. The summed E-state index contributed by atoms with van der Waals surface area (Å²) in [5, 5.41) is 0. The van der Waals surface area contributed by atoms with Gasteiger partial charge in [0, 0.05) is 24.2 Å². The topological polar surface area (TPSA) is 46.3 Å². The van der Waals surface area contributed by atoms with E-state index >= 15 is 0 Å². The molecule has 4 nitrogen and oxygen atoms in total. The first kappa shape index (κ1) is 16.0. The summed E-state index contributed by atoms with van der Waals surface area (Å²) < 4.78 is 5.90. The van der Waals surface area contributed by atoms with Crippen LogP contribution < -0.4 is 0 Å². The van der Waals surface area contributed by atoms with E-state index in [1.54, 1.807) is 4.90 Å². The summed E-state index contributed by atoms with van der Waals surface area (Å²) in [7, 11) is 0. The second-order valence-electron chi connectivity index (χ2n) is 5.41. The van der Waals surface area contributed by atoms with Gasteiger partial charge >= 0.3 is 0 Å². The zero-order valence-electron chi connectivity index (χ0n) is 13.9. The van der Waals surface area contributed by atoms with Crippen LogP contribution in [0.5, 0.6) is 0 Å². The summed E-state index contributed by atoms with van der Waals surface area (Å²) in [6.07, 6.45) is 0. The molecule has 0 saturated heterocycles. The summed E-state index contributed by atoms with van der Waals surface area (Å²) in [6.45, 7) is 5.17. The summed E-state index contributed by atoms with van der Waals surface area (Å²) in [4.78, 5) is 19.2. The molecular formula is C20H20N2O2. The Kier molecular flexibility index (Phi) is 4.75. The van der Waals surface area contributed by atoms with Crippen LogP contribution in [0.2, 0.25) is 0 Å². The fourth-order valence-corrected chi connectivity index (χ4v) is 2.62. The van der Waals surface area contributed by atoms with Gasteiger partial charge in [-0.3, -0.25) is 4.79 Å². The zero-order chi connectivity index (χ0) is 16.9. The first-order chi connectivity index (χ1) is 11.7. The smallest absolute Gasteiger partial charge is 0.291 e. The van der Waals surface area contributed by atoms with Gasteiger partial charge in [-0.2, -0.15) is 0 Å². The van der Waals surface area contributed by atoms with E-state index in [0.29, 0.717) is 30.4 Å². The Morgan fingerprint density at radius 1 is 0.917 bits per heavy atom. The van der Waals surface area contributed by atoms with E-state index in [0.717, 1.165) is 11.1 Å². The second-order valence-corrected chi connectivity index (χ2v) is 5.41. The van der Waals surface area contributed by atoms with Gasteiger partial charge in [-0.1, -0.05) is 48.5 Å². The van der Waals surface area contributed by atoms with Crippen molar-refractivity contribution in [3.8, 4) is 22.7 Å². The van der Waals surface area contributed by atoms with Gasteiger partial charge in [0.05, 0.1) is 0 Å². The molecule has 0 N–H and O–H groups in total. The fourth-order valence-electron chi connectivity index (χ4n) is 2.62. The van der Waals surface area contributed by atoms with Crippen LogP contribution in [0.1, 0.15) is 24.4 Å². The highest BCUT2D eigenvalue weighted by atomic mass is 16.4. The lowest BCUT2D eigenvalue weighted by molar-refractivity contribution is 0.0743. The van der Waals surface area contributed by atoms with E-state index in [2.05, 4.69) is 4.98 Å². The van der Waals surface area contributed by atoms with Crippen molar-refractivity contribution in [1.82, 2.24) is 9.88 Å². The maximum absolute atomic E-state index is 12.8. The Hall–Kier alpha value is -2.88. The zero-order valence-corrected chi connectivity index (χ0v) is 13.9. The number of oxazole rings is 1. The maximum Gasteiger partial charge on any atom is 0.291 e. The van der Waals surface area contributed by atoms with E-state index < -0.39 is 0 Å². The number of hydrogen-bond acceptors (Lipinski definition) is 3. The molecule has 0 fully saturated rings. The average Bonchev–Trinajstić information content (AvgIpc) is 3.09. The predicted molar refractivity (Wildman–Crippen MR) is 94.6 cm³/mol. The van der Waals surface area contributed by atoms with E-state index in [-0.39, 0.29) is 5.91 Å². The lowest BCUT2D eigenvalue weighted by Gasteiger charge is -2.17. The van der Waals surface area contributed by atoms with Crippen LogP contribution in [0.15, 0.2) is 65.1 Å². The van der Waals surface area contributed by atoms with Crippen LogP contribution in [-0.4, -0.2) is 28.9 Å². The molecule has 1 aromatic heterocycles. The molecule has 1 heterocycles. The number of aromatic nitrogens is 1. The highest BCUT2D eigenvalue weighted by Crippen LogP contribution is 2.29. The molecule has 1 amide bonds. The third-order valence-corrected chi connectivity index (χ3v) is 3.94. The Morgan fingerprint density at radius 3 is 2.00 bits per heavy atom. The van der Waals surface area contributed by atoms with Gasteiger partial charge in [0.25, 0.3) is 5.91 Å². The summed E-state index contributed by atoms with van der Waals surface area (Å²) in [5.41, 5.74) is 2.32. The Bertz CT molecular complexity index is 806. The summed E-state index contributed by atoms with van der Waals surface area (Å²) in [6, 6.07) is 19.3. The second kappa shape index (κ2) is 7.13. The number of amides is 1. The predicted octanol–water partition coefficient (Wildman–Crippen LogP) is 4.49. The highest BCUT2D eigenvalue weighted by Gasteiger charge is 2.25. The lowest BCUT2D eigenvalue weighted by Crippen LogP contribution is -2.30. The van der Waals surface area contributed by atoms with Crippen molar-refractivity contribution in [2.24, 2.45) is 0 Å². The van der Waals surface area contributed by atoms with Gasteiger partial charge in [-0.25, -0.2) is 4.98 Å². The molecule has 0 aliphatic carbocycles. The molecule has 0 radical (unpaired) electrons. The molecule has 0 saturated carbocycles. The first-order valence-corrected chi connectivity index (χ1v) is 8.15. The fraction of sp³-hybridized carbons (Fsp3) is 0.200. The first-order valence-electron chi connectivity index (χ1n) is 8.15. The molecule has 4 heteroatoms. The quantitative estimate of drug-likeness (QED) is 0.696. The normalized spacial score (nSPS) is 10.6. The molecule has 24 heavy (non-hydrogen) atoms. The standard InChI is InChI=1S/C20H20N2O2/c1-3-22(4-2)20(23)18-17(15-11-7-5-8-12-15)21-19(24-18)16-13-9-6-10-14-16/h5-14H,3-4H2,1-2H3. The minimum absolute atomic E-state index is 0.131. The third kappa shape index (κ3) is 3.08. The van der Waals surface area contributed by atoms with Crippen LogP contribution in [-0.2, 0) is 0 Å². The lowest BCUT2D eigenvalue weighted by atomic mass is 10.1.